The van der Waals surface area contributed by atoms with E-state index in [-0.39, 0.29) is 11.9 Å². The molecule has 3 aliphatic heterocycles. The average molecular weight is 267 g/mol. The molecule has 1 N–H and O–H groups in total. The molecule has 19 heavy (non-hydrogen) atoms. The van der Waals surface area contributed by atoms with E-state index in [9.17, 15) is 9.59 Å². The van der Waals surface area contributed by atoms with E-state index in [0.717, 1.165) is 26.2 Å². The van der Waals surface area contributed by atoms with Crippen LogP contribution in [0.3, 0.4) is 0 Å². The number of fused-ring (bicyclic) bond motifs is 1. The van der Waals surface area contributed by atoms with E-state index in [4.69, 9.17) is 5.11 Å². The van der Waals surface area contributed by atoms with Crippen LogP contribution in [0.2, 0.25) is 0 Å². The van der Waals surface area contributed by atoms with E-state index >= 15 is 0 Å². The number of likely N-dealkylation sites (tertiary alicyclic amines) is 1. The number of aliphatic carboxylic acids is 1. The highest BCUT2D eigenvalue weighted by molar-refractivity contribution is 5.80. The van der Waals surface area contributed by atoms with Gasteiger partial charge < -0.3 is 14.9 Å². The van der Waals surface area contributed by atoms with Gasteiger partial charge in [-0.25, -0.2) is 4.79 Å². The van der Waals surface area contributed by atoms with Gasteiger partial charge in [-0.05, 0) is 19.4 Å². The minimum atomic E-state index is -0.791. The largest absolute Gasteiger partial charge is 0.481 e. The minimum absolute atomic E-state index is 0.0303. The summed E-state index contributed by atoms with van der Waals surface area (Å²) in [5.74, 6) is -1.15. The number of hydrogen-bond acceptors (Lipinski definition) is 3. The molecule has 3 aliphatic rings. The summed E-state index contributed by atoms with van der Waals surface area (Å²) in [5, 5.41) is 8.84. The third kappa shape index (κ3) is 2.41. The molecule has 1 atom stereocenters. The van der Waals surface area contributed by atoms with Crippen LogP contribution < -0.4 is 0 Å². The quantitative estimate of drug-likeness (QED) is 0.742. The predicted octanol–water partition coefficient (Wildman–Crippen LogP) is 0.293. The number of rotatable bonds is 1. The Kier molecular flexibility index (Phi) is 3.35. The molecular weight excluding hydrogens is 246 g/mol. The van der Waals surface area contributed by atoms with Gasteiger partial charge in [-0.1, -0.05) is 6.42 Å². The van der Waals surface area contributed by atoms with Gasteiger partial charge in [0.25, 0.3) is 0 Å². The lowest BCUT2D eigenvalue weighted by Gasteiger charge is -2.47. The van der Waals surface area contributed by atoms with E-state index in [0.29, 0.717) is 19.1 Å². The number of hydrogen-bond donors (Lipinski definition) is 1. The standard InChI is InChI=1S/C13H21N3O3/c17-12(18)10-7-16(8-10)13(19)15-6-5-14-4-2-1-3-11(14)9-15/h10-11H,1-9H2,(H,17,18). The highest BCUT2D eigenvalue weighted by Crippen LogP contribution is 2.23. The predicted molar refractivity (Wildman–Crippen MR) is 68.9 cm³/mol. The van der Waals surface area contributed by atoms with Crippen LogP contribution >= 0.6 is 0 Å². The summed E-state index contributed by atoms with van der Waals surface area (Å²) in [6, 6.07) is 0.547. The first-order valence-corrected chi connectivity index (χ1v) is 7.16. The Morgan fingerprint density at radius 2 is 1.74 bits per heavy atom. The molecule has 3 heterocycles. The Hall–Kier alpha value is -1.30. The average Bonchev–Trinajstić information content (AvgIpc) is 2.35. The number of piperazine rings is 1. The van der Waals surface area contributed by atoms with Crippen molar-refractivity contribution in [3.05, 3.63) is 0 Å². The van der Waals surface area contributed by atoms with Crippen molar-refractivity contribution >= 4 is 12.0 Å². The van der Waals surface area contributed by atoms with E-state index in [1.807, 2.05) is 4.90 Å². The highest BCUT2D eigenvalue weighted by atomic mass is 16.4. The van der Waals surface area contributed by atoms with Crippen molar-refractivity contribution in [2.24, 2.45) is 5.92 Å². The Morgan fingerprint density at radius 3 is 2.47 bits per heavy atom. The van der Waals surface area contributed by atoms with Crippen LogP contribution in [0.1, 0.15) is 19.3 Å². The fraction of sp³-hybridized carbons (Fsp3) is 0.846. The lowest BCUT2D eigenvalue weighted by atomic mass is 9.99. The third-order valence-corrected chi connectivity index (χ3v) is 4.61. The maximum Gasteiger partial charge on any atom is 0.320 e. The van der Waals surface area contributed by atoms with Crippen LogP contribution in [0.15, 0.2) is 0 Å². The van der Waals surface area contributed by atoms with Gasteiger partial charge >= 0.3 is 12.0 Å². The van der Waals surface area contributed by atoms with Gasteiger partial charge in [0.15, 0.2) is 0 Å². The highest BCUT2D eigenvalue weighted by Gasteiger charge is 2.39. The van der Waals surface area contributed by atoms with Crippen molar-refractivity contribution in [2.75, 3.05) is 39.3 Å². The number of carbonyl (C=O) groups is 2. The first-order valence-electron chi connectivity index (χ1n) is 7.16. The molecule has 0 aromatic carbocycles. The number of nitrogens with zero attached hydrogens (tertiary/aromatic N) is 3. The summed E-state index contributed by atoms with van der Waals surface area (Å²) in [5.41, 5.74) is 0. The van der Waals surface area contributed by atoms with Crippen LogP contribution in [0.4, 0.5) is 4.79 Å². The first kappa shape index (κ1) is 12.7. The molecule has 1 unspecified atom stereocenters. The molecule has 3 rings (SSSR count). The summed E-state index contributed by atoms with van der Waals surface area (Å²) in [7, 11) is 0. The van der Waals surface area contributed by atoms with Gasteiger partial charge in [-0.2, -0.15) is 0 Å². The van der Waals surface area contributed by atoms with Gasteiger partial charge in [0.2, 0.25) is 0 Å². The molecule has 106 valence electrons. The molecule has 0 saturated carbocycles. The van der Waals surface area contributed by atoms with Crippen molar-refractivity contribution in [1.82, 2.24) is 14.7 Å². The smallest absolute Gasteiger partial charge is 0.320 e. The molecule has 6 heteroatoms. The SMILES string of the molecule is O=C(O)C1CN(C(=O)N2CCN3CCCCC3C2)C1. The fourth-order valence-electron chi connectivity index (χ4n) is 3.32. The number of piperidine rings is 1. The van der Waals surface area contributed by atoms with Crippen LogP contribution in [0, 0.1) is 5.92 Å². The second-order valence-corrected chi connectivity index (χ2v) is 5.85. The van der Waals surface area contributed by atoms with Gasteiger partial charge in [-0.15, -0.1) is 0 Å². The molecule has 0 aromatic rings. The monoisotopic (exact) mass is 267 g/mol. The zero-order valence-corrected chi connectivity index (χ0v) is 11.1. The Morgan fingerprint density at radius 1 is 0.947 bits per heavy atom. The second-order valence-electron chi connectivity index (χ2n) is 5.85. The van der Waals surface area contributed by atoms with E-state index in [1.165, 1.54) is 19.3 Å². The van der Waals surface area contributed by atoms with Crippen LogP contribution in [-0.2, 0) is 4.79 Å². The molecule has 0 spiro atoms. The molecule has 0 aromatic heterocycles. The zero-order valence-electron chi connectivity index (χ0n) is 11.1. The van der Waals surface area contributed by atoms with Crippen LogP contribution in [0.5, 0.6) is 0 Å². The first-order chi connectivity index (χ1) is 9.15. The van der Waals surface area contributed by atoms with Crippen molar-refractivity contribution in [3.8, 4) is 0 Å². The van der Waals surface area contributed by atoms with Gasteiger partial charge in [-0.3, -0.25) is 9.69 Å². The zero-order chi connectivity index (χ0) is 13.4. The van der Waals surface area contributed by atoms with Gasteiger partial charge in [0.1, 0.15) is 0 Å². The number of urea groups is 1. The Labute approximate surface area is 112 Å². The molecule has 0 radical (unpaired) electrons. The molecule has 3 saturated heterocycles. The Bertz CT molecular complexity index is 381. The fourth-order valence-corrected chi connectivity index (χ4v) is 3.32. The number of amides is 2. The van der Waals surface area contributed by atoms with E-state index < -0.39 is 5.97 Å². The minimum Gasteiger partial charge on any atom is -0.481 e. The van der Waals surface area contributed by atoms with Gasteiger partial charge in [0, 0.05) is 38.8 Å². The summed E-state index contributed by atoms with van der Waals surface area (Å²) in [6.45, 7) is 4.47. The summed E-state index contributed by atoms with van der Waals surface area (Å²) in [4.78, 5) is 29.1. The molecule has 6 nitrogen and oxygen atoms in total. The molecular formula is C13H21N3O3. The number of carbonyl (C=O) groups excluding carboxylic acids is 1. The lowest BCUT2D eigenvalue weighted by molar-refractivity contribution is -0.146. The molecule has 3 fully saturated rings. The third-order valence-electron chi connectivity index (χ3n) is 4.61. The number of carboxylic acids is 1. The maximum absolute atomic E-state index is 12.3. The topological polar surface area (TPSA) is 64.1 Å². The molecule has 0 bridgehead atoms. The van der Waals surface area contributed by atoms with E-state index in [1.54, 1.807) is 4.90 Å². The number of carboxylic acid groups (broad SMARTS) is 1. The lowest BCUT2D eigenvalue weighted by Crippen LogP contribution is -2.62. The van der Waals surface area contributed by atoms with Crippen molar-refractivity contribution in [2.45, 2.75) is 25.3 Å². The van der Waals surface area contributed by atoms with Crippen LogP contribution in [-0.4, -0.2) is 77.1 Å². The summed E-state index contributed by atoms with van der Waals surface area (Å²) >= 11 is 0. The van der Waals surface area contributed by atoms with Crippen LogP contribution in [0.25, 0.3) is 0 Å². The summed E-state index contributed by atoms with van der Waals surface area (Å²) < 4.78 is 0. The Balaban J connectivity index is 1.53. The van der Waals surface area contributed by atoms with Gasteiger partial charge in [0.05, 0.1) is 5.92 Å². The van der Waals surface area contributed by atoms with Crippen molar-refractivity contribution in [3.63, 3.8) is 0 Å². The maximum atomic E-state index is 12.3. The molecule has 0 aliphatic carbocycles. The van der Waals surface area contributed by atoms with E-state index in [2.05, 4.69) is 4.90 Å². The normalized spacial score (nSPS) is 28.7. The second kappa shape index (κ2) is 5.00. The van der Waals surface area contributed by atoms with Crippen molar-refractivity contribution in [1.29, 1.82) is 0 Å². The summed E-state index contributed by atoms with van der Waals surface area (Å²) in [6.07, 6.45) is 3.71. The van der Waals surface area contributed by atoms with Crippen molar-refractivity contribution < 1.29 is 14.7 Å². The molecule has 2 amide bonds.